The van der Waals surface area contributed by atoms with Crippen LogP contribution in [0.15, 0.2) is 24.3 Å². The Morgan fingerprint density at radius 1 is 1.18 bits per heavy atom. The van der Waals surface area contributed by atoms with E-state index >= 15 is 0 Å². The van der Waals surface area contributed by atoms with Crippen LogP contribution in [0.1, 0.15) is 43.0 Å². The molecule has 2 amide bonds. The molecule has 22 heavy (non-hydrogen) atoms. The number of rotatable bonds is 4. The fourth-order valence-electron chi connectivity index (χ4n) is 2.89. The van der Waals surface area contributed by atoms with Crippen molar-refractivity contribution in [2.75, 3.05) is 11.9 Å². The van der Waals surface area contributed by atoms with E-state index in [0.717, 1.165) is 32.2 Å². The van der Waals surface area contributed by atoms with Gasteiger partial charge in [0.1, 0.15) is 0 Å². The summed E-state index contributed by atoms with van der Waals surface area (Å²) in [5, 5.41) is 9.26. The summed E-state index contributed by atoms with van der Waals surface area (Å²) in [4.78, 5) is 24.7. The minimum absolute atomic E-state index is 0.01000. The molecule has 2 atom stereocenters. The number of para-hydroxylation sites is 1. The maximum Gasteiger partial charge on any atom is 0.253 e. The average Bonchev–Trinajstić information content (AvgIpc) is 3.31. The number of piperidine rings is 1. The topological polar surface area (TPSA) is 70.2 Å². The number of nitrogens with one attached hydrogen (secondary N) is 3. The Balaban J connectivity index is 1.68. The molecule has 1 aliphatic carbocycles. The zero-order chi connectivity index (χ0) is 15.5. The molecule has 1 aliphatic heterocycles. The second kappa shape index (κ2) is 6.48. The number of benzene rings is 1. The normalized spacial score (nSPS) is 24.6. The number of hydrogen-bond donors (Lipinski definition) is 3. The lowest BCUT2D eigenvalue weighted by molar-refractivity contribution is -0.120. The van der Waals surface area contributed by atoms with Gasteiger partial charge in [0.25, 0.3) is 5.91 Å². The SMILES string of the molecule is C[C@H]1C[C@@H](C(=O)Nc2ccccc2C(=O)NC2CC2)CCN1. The van der Waals surface area contributed by atoms with Gasteiger partial charge in [-0.25, -0.2) is 0 Å². The monoisotopic (exact) mass is 301 g/mol. The lowest BCUT2D eigenvalue weighted by Crippen LogP contribution is -2.40. The summed E-state index contributed by atoms with van der Waals surface area (Å²) in [5.74, 6) is -0.0760. The molecule has 2 fully saturated rings. The summed E-state index contributed by atoms with van der Waals surface area (Å²) >= 11 is 0. The maximum absolute atomic E-state index is 12.5. The van der Waals surface area contributed by atoms with Crippen molar-refractivity contribution in [2.24, 2.45) is 5.92 Å². The van der Waals surface area contributed by atoms with Crippen molar-refractivity contribution in [3.05, 3.63) is 29.8 Å². The third kappa shape index (κ3) is 3.65. The van der Waals surface area contributed by atoms with E-state index < -0.39 is 0 Å². The predicted molar refractivity (Wildman–Crippen MR) is 85.7 cm³/mol. The highest BCUT2D eigenvalue weighted by Gasteiger charge is 2.27. The first-order valence-corrected chi connectivity index (χ1v) is 8.07. The van der Waals surface area contributed by atoms with Crippen LogP contribution in [0.4, 0.5) is 5.69 Å². The molecule has 118 valence electrons. The van der Waals surface area contributed by atoms with Gasteiger partial charge in [-0.2, -0.15) is 0 Å². The molecular formula is C17H23N3O2. The zero-order valence-electron chi connectivity index (χ0n) is 12.9. The molecule has 1 aromatic rings. The van der Waals surface area contributed by atoms with Crippen LogP contribution >= 0.6 is 0 Å². The third-order valence-electron chi connectivity index (χ3n) is 4.34. The highest BCUT2D eigenvalue weighted by atomic mass is 16.2. The highest BCUT2D eigenvalue weighted by molar-refractivity contribution is 6.04. The summed E-state index contributed by atoms with van der Waals surface area (Å²) in [5.41, 5.74) is 1.15. The van der Waals surface area contributed by atoms with E-state index in [1.54, 1.807) is 12.1 Å². The first-order chi connectivity index (χ1) is 10.6. The largest absolute Gasteiger partial charge is 0.349 e. The van der Waals surface area contributed by atoms with Crippen molar-refractivity contribution < 1.29 is 9.59 Å². The Morgan fingerprint density at radius 3 is 2.68 bits per heavy atom. The van der Waals surface area contributed by atoms with Crippen molar-refractivity contribution >= 4 is 17.5 Å². The Labute approximate surface area is 130 Å². The molecule has 0 aromatic heterocycles. The number of hydrogen-bond acceptors (Lipinski definition) is 3. The minimum atomic E-state index is -0.0999. The number of carbonyl (C=O) groups is 2. The van der Waals surface area contributed by atoms with Gasteiger partial charge in [-0.3, -0.25) is 9.59 Å². The van der Waals surface area contributed by atoms with Gasteiger partial charge >= 0.3 is 0 Å². The molecule has 1 heterocycles. The van der Waals surface area contributed by atoms with E-state index in [9.17, 15) is 9.59 Å². The van der Waals surface area contributed by atoms with Gasteiger partial charge < -0.3 is 16.0 Å². The fourth-order valence-corrected chi connectivity index (χ4v) is 2.89. The van der Waals surface area contributed by atoms with Crippen LogP contribution in [0.2, 0.25) is 0 Å². The van der Waals surface area contributed by atoms with Crippen molar-refractivity contribution in [1.82, 2.24) is 10.6 Å². The van der Waals surface area contributed by atoms with Gasteiger partial charge in [-0.1, -0.05) is 12.1 Å². The van der Waals surface area contributed by atoms with E-state index in [-0.39, 0.29) is 17.7 Å². The third-order valence-corrected chi connectivity index (χ3v) is 4.34. The van der Waals surface area contributed by atoms with Crippen molar-refractivity contribution in [3.8, 4) is 0 Å². The molecule has 0 bridgehead atoms. The Morgan fingerprint density at radius 2 is 1.95 bits per heavy atom. The second-order valence-corrected chi connectivity index (χ2v) is 6.36. The van der Waals surface area contributed by atoms with E-state index in [4.69, 9.17) is 0 Å². The molecule has 3 N–H and O–H groups in total. The van der Waals surface area contributed by atoms with Crippen LogP contribution in [-0.4, -0.2) is 30.4 Å². The van der Waals surface area contributed by atoms with Crippen molar-refractivity contribution in [3.63, 3.8) is 0 Å². The van der Waals surface area contributed by atoms with Crippen LogP contribution in [-0.2, 0) is 4.79 Å². The molecule has 3 rings (SSSR count). The predicted octanol–water partition coefficient (Wildman–Crippen LogP) is 1.91. The van der Waals surface area contributed by atoms with E-state index in [2.05, 4.69) is 22.9 Å². The summed E-state index contributed by atoms with van der Waals surface area (Å²) in [6.45, 7) is 2.96. The number of anilines is 1. The molecule has 1 aromatic carbocycles. The lowest BCUT2D eigenvalue weighted by atomic mass is 9.92. The van der Waals surface area contributed by atoms with Crippen LogP contribution < -0.4 is 16.0 Å². The van der Waals surface area contributed by atoms with Gasteiger partial charge in [0, 0.05) is 18.0 Å². The Bertz CT molecular complexity index is 569. The van der Waals surface area contributed by atoms with Crippen LogP contribution in [0.5, 0.6) is 0 Å². The molecule has 1 saturated carbocycles. The van der Waals surface area contributed by atoms with Crippen molar-refractivity contribution in [1.29, 1.82) is 0 Å². The molecule has 5 heteroatoms. The molecule has 1 saturated heterocycles. The summed E-state index contributed by atoms with van der Waals surface area (Å²) < 4.78 is 0. The number of amides is 2. The van der Waals surface area contributed by atoms with Gasteiger partial charge in [-0.05, 0) is 51.3 Å². The van der Waals surface area contributed by atoms with Crippen LogP contribution in [0.25, 0.3) is 0 Å². The molecule has 5 nitrogen and oxygen atoms in total. The van der Waals surface area contributed by atoms with Gasteiger partial charge in [0.2, 0.25) is 5.91 Å². The zero-order valence-corrected chi connectivity index (χ0v) is 12.9. The highest BCUT2D eigenvalue weighted by Crippen LogP contribution is 2.23. The molecule has 2 aliphatic rings. The number of carbonyl (C=O) groups excluding carboxylic acids is 2. The molecule has 0 unspecified atom stereocenters. The lowest BCUT2D eigenvalue weighted by Gasteiger charge is -2.27. The van der Waals surface area contributed by atoms with Crippen LogP contribution in [0, 0.1) is 5.92 Å². The molecular weight excluding hydrogens is 278 g/mol. The fraction of sp³-hybridized carbons (Fsp3) is 0.529. The van der Waals surface area contributed by atoms with Gasteiger partial charge in [0.05, 0.1) is 11.3 Å². The van der Waals surface area contributed by atoms with E-state index in [1.807, 2.05) is 12.1 Å². The average molecular weight is 301 g/mol. The first-order valence-electron chi connectivity index (χ1n) is 8.07. The summed E-state index contributed by atoms with van der Waals surface area (Å²) in [7, 11) is 0. The van der Waals surface area contributed by atoms with E-state index in [1.165, 1.54) is 0 Å². The minimum Gasteiger partial charge on any atom is -0.349 e. The standard InChI is InChI=1S/C17H23N3O2/c1-11-10-12(8-9-18-11)16(21)20-15-5-3-2-4-14(15)17(22)19-13-6-7-13/h2-5,11-13,18H,6-10H2,1H3,(H,19,22)(H,20,21)/t11-,12-/m0/s1. The van der Waals surface area contributed by atoms with Gasteiger partial charge in [-0.15, -0.1) is 0 Å². The molecule has 0 spiro atoms. The van der Waals surface area contributed by atoms with Gasteiger partial charge in [0.15, 0.2) is 0 Å². The molecule has 0 radical (unpaired) electrons. The second-order valence-electron chi connectivity index (χ2n) is 6.36. The Hall–Kier alpha value is -1.88. The summed E-state index contributed by atoms with van der Waals surface area (Å²) in [6.07, 6.45) is 3.77. The maximum atomic E-state index is 12.5. The van der Waals surface area contributed by atoms with Crippen LogP contribution in [0.3, 0.4) is 0 Å². The first kappa shape index (κ1) is 15.0. The quantitative estimate of drug-likeness (QED) is 0.795. The van der Waals surface area contributed by atoms with Crippen molar-refractivity contribution in [2.45, 2.75) is 44.7 Å². The summed E-state index contributed by atoms with van der Waals surface area (Å²) in [6, 6.07) is 7.89. The van der Waals surface area contributed by atoms with E-state index in [0.29, 0.717) is 23.3 Å². The smallest absolute Gasteiger partial charge is 0.253 e. The Kier molecular flexibility index (Phi) is 4.43.